The number of benzene rings is 1. The highest BCUT2D eigenvalue weighted by Crippen LogP contribution is 2.25. The summed E-state index contributed by atoms with van der Waals surface area (Å²) in [7, 11) is 0. The van der Waals surface area contributed by atoms with E-state index < -0.39 is 12.0 Å². The zero-order valence-corrected chi connectivity index (χ0v) is 14.7. The molecule has 1 atom stereocenters. The van der Waals surface area contributed by atoms with E-state index in [0.717, 1.165) is 22.6 Å². The fraction of sp³-hybridized carbons (Fsp3) is 0.333. The summed E-state index contributed by atoms with van der Waals surface area (Å²) in [5.41, 5.74) is 2.02. The summed E-state index contributed by atoms with van der Waals surface area (Å²) >= 11 is 1.65. The number of pyridine rings is 1. The van der Waals surface area contributed by atoms with Gasteiger partial charge in [0.2, 0.25) is 0 Å². The molecule has 2 aromatic rings. The average molecular weight is 346 g/mol. The van der Waals surface area contributed by atoms with Crippen molar-refractivity contribution in [2.45, 2.75) is 25.9 Å². The monoisotopic (exact) mass is 346 g/mol. The molecule has 2 N–H and O–H groups in total. The molecule has 1 aromatic carbocycles. The van der Waals surface area contributed by atoms with E-state index in [2.05, 4.69) is 10.3 Å². The maximum Gasteiger partial charge on any atom is 0.320 e. The average Bonchev–Trinajstić information content (AvgIpc) is 2.58. The Labute approximate surface area is 146 Å². The quantitative estimate of drug-likeness (QED) is 0.724. The molecule has 6 heteroatoms. The Bertz CT molecular complexity index is 665. The molecule has 0 aliphatic carbocycles. The maximum atomic E-state index is 11.3. The minimum Gasteiger partial charge on any atom is -0.480 e. The Hall–Kier alpha value is -2.05. The van der Waals surface area contributed by atoms with Crippen LogP contribution in [0.5, 0.6) is 11.5 Å². The van der Waals surface area contributed by atoms with Crippen molar-refractivity contribution in [1.82, 2.24) is 10.3 Å². The van der Waals surface area contributed by atoms with E-state index in [1.807, 2.05) is 43.5 Å². The maximum absolute atomic E-state index is 11.3. The molecule has 0 fully saturated rings. The van der Waals surface area contributed by atoms with Gasteiger partial charge >= 0.3 is 5.97 Å². The summed E-state index contributed by atoms with van der Waals surface area (Å²) in [6.07, 6.45) is 5.95. The number of nitrogens with zero attached hydrogens (tertiary/aromatic N) is 1. The van der Waals surface area contributed by atoms with Gasteiger partial charge in [-0.3, -0.25) is 9.78 Å². The van der Waals surface area contributed by atoms with E-state index in [0.29, 0.717) is 18.7 Å². The number of aliphatic carboxylic acids is 1. The Balaban J connectivity index is 1.97. The van der Waals surface area contributed by atoms with Crippen molar-refractivity contribution in [2.75, 3.05) is 12.0 Å². The van der Waals surface area contributed by atoms with E-state index in [1.165, 1.54) is 0 Å². The normalized spacial score (nSPS) is 11.9. The SMILES string of the molecule is CSCCC(NCc1ccc(Oc2cccnc2)c(C)c1)C(=O)O. The van der Waals surface area contributed by atoms with Crippen molar-refractivity contribution >= 4 is 17.7 Å². The van der Waals surface area contributed by atoms with Crippen LogP contribution in [0.3, 0.4) is 0 Å². The molecule has 0 aliphatic rings. The van der Waals surface area contributed by atoms with E-state index in [-0.39, 0.29) is 0 Å². The summed E-state index contributed by atoms with van der Waals surface area (Å²) in [4.78, 5) is 15.3. The predicted molar refractivity (Wildman–Crippen MR) is 96.8 cm³/mol. The molecular weight excluding hydrogens is 324 g/mol. The standard InChI is InChI=1S/C18H22N2O3S/c1-13-10-14(11-20-16(18(21)22)7-9-24-2)5-6-17(13)23-15-4-3-8-19-12-15/h3-6,8,10,12,16,20H,7,9,11H2,1-2H3,(H,21,22). The number of aryl methyl sites for hydroxylation is 1. The Morgan fingerprint density at radius 1 is 1.42 bits per heavy atom. The summed E-state index contributed by atoms with van der Waals surface area (Å²) in [6.45, 7) is 2.48. The summed E-state index contributed by atoms with van der Waals surface area (Å²) < 4.78 is 5.80. The largest absolute Gasteiger partial charge is 0.480 e. The second-order valence-corrected chi connectivity index (χ2v) is 6.43. The smallest absolute Gasteiger partial charge is 0.320 e. The number of aromatic nitrogens is 1. The van der Waals surface area contributed by atoms with E-state index >= 15 is 0 Å². The van der Waals surface area contributed by atoms with Crippen molar-refractivity contribution in [1.29, 1.82) is 0 Å². The third-order valence-electron chi connectivity index (χ3n) is 3.56. The van der Waals surface area contributed by atoms with Gasteiger partial charge in [-0.25, -0.2) is 0 Å². The molecular formula is C18H22N2O3S. The molecule has 0 saturated heterocycles. The van der Waals surface area contributed by atoms with Crippen LogP contribution in [0, 0.1) is 6.92 Å². The van der Waals surface area contributed by atoms with Crippen LogP contribution >= 0.6 is 11.8 Å². The highest BCUT2D eigenvalue weighted by molar-refractivity contribution is 7.98. The Morgan fingerprint density at radius 3 is 2.88 bits per heavy atom. The molecule has 24 heavy (non-hydrogen) atoms. The first kappa shape index (κ1) is 18.3. The summed E-state index contributed by atoms with van der Waals surface area (Å²) in [5.74, 6) is 1.47. The number of carboxylic acid groups (broad SMARTS) is 1. The third-order valence-corrected chi connectivity index (χ3v) is 4.21. The Kier molecular flexibility index (Phi) is 7.08. The molecule has 1 aromatic heterocycles. The van der Waals surface area contributed by atoms with Gasteiger partial charge in [-0.05, 0) is 54.7 Å². The highest BCUT2D eigenvalue weighted by Gasteiger charge is 2.16. The second-order valence-electron chi connectivity index (χ2n) is 5.44. The van der Waals surface area contributed by atoms with E-state index in [1.54, 1.807) is 24.2 Å². The molecule has 2 rings (SSSR count). The van der Waals surface area contributed by atoms with Gasteiger partial charge in [0.15, 0.2) is 0 Å². The fourth-order valence-corrected chi connectivity index (χ4v) is 2.73. The number of thioether (sulfide) groups is 1. The molecule has 0 aliphatic heterocycles. The third kappa shape index (κ3) is 5.54. The van der Waals surface area contributed by atoms with Gasteiger partial charge in [0.1, 0.15) is 17.5 Å². The van der Waals surface area contributed by atoms with Crippen molar-refractivity contribution < 1.29 is 14.6 Å². The van der Waals surface area contributed by atoms with Gasteiger partial charge in [-0.2, -0.15) is 11.8 Å². The van der Waals surface area contributed by atoms with Crippen molar-refractivity contribution in [3.05, 3.63) is 53.9 Å². The summed E-state index contributed by atoms with van der Waals surface area (Å²) in [5, 5.41) is 12.3. The number of ether oxygens (including phenoxy) is 1. The number of nitrogens with one attached hydrogen (secondary N) is 1. The first-order valence-corrected chi connectivity index (χ1v) is 9.12. The van der Waals surface area contributed by atoms with Crippen LogP contribution in [0.15, 0.2) is 42.7 Å². The molecule has 1 heterocycles. The Morgan fingerprint density at radius 2 is 2.25 bits per heavy atom. The number of rotatable bonds is 9. The zero-order valence-electron chi connectivity index (χ0n) is 13.9. The zero-order chi connectivity index (χ0) is 17.4. The predicted octanol–water partition coefficient (Wildman–Crippen LogP) is 3.48. The highest BCUT2D eigenvalue weighted by atomic mass is 32.2. The molecule has 0 radical (unpaired) electrons. The minimum absolute atomic E-state index is 0.513. The molecule has 5 nitrogen and oxygen atoms in total. The van der Waals surface area contributed by atoms with Crippen molar-refractivity contribution in [3.8, 4) is 11.5 Å². The molecule has 128 valence electrons. The van der Waals surface area contributed by atoms with E-state index in [4.69, 9.17) is 4.74 Å². The molecule has 0 bridgehead atoms. The van der Waals surface area contributed by atoms with Gasteiger partial charge in [0.25, 0.3) is 0 Å². The molecule has 0 saturated carbocycles. The molecule has 1 unspecified atom stereocenters. The lowest BCUT2D eigenvalue weighted by Gasteiger charge is -2.15. The lowest BCUT2D eigenvalue weighted by molar-refractivity contribution is -0.139. The molecule has 0 amide bonds. The van der Waals surface area contributed by atoms with Crippen LogP contribution in [0.25, 0.3) is 0 Å². The second kappa shape index (κ2) is 9.30. The van der Waals surface area contributed by atoms with Crippen LogP contribution in [-0.4, -0.2) is 34.1 Å². The van der Waals surface area contributed by atoms with Crippen LogP contribution in [0.4, 0.5) is 0 Å². The van der Waals surface area contributed by atoms with Gasteiger partial charge in [0, 0.05) is 12.7 Å². The van der Waals surface area contributed by atoms with E-state index in [9.17, 15) is 9.90 Å². The van der Waals surface area contributed by atoms with Crippen molar-refractivity contribution in [2.24, 2.45) is 0 Å². The van der Waals surface area contributed by atoms with Crippen LogP contribution in [0.2, 0.25) is 0 Å². The topological polar surface area (TPSA) is 71.5 Å². The number of hydrogen-bond donors (Lipinski definition) is 2. The van der Waals surface area contributed by atoms with Gasteiger partial charge < -0.3 is 15.2 Å². The minimum atomic E-state index is -0.808. The summed E-state index contributed by atoms with van der Waals surface area (Å²) in [6, 6.07) is 9.00. The van der Waals surface area contributed by atoms with Crippen LogP contribution in [0.1, 0.15) is 17.5 Å². The van der Waals surface area contributed by atoms with Gasteiger partial charge in [-0.1, -0.05) is 12.1 Å². The number of carbonyl (C=O) groups is 1. The fourth-order valence-electron chi connectivity index (χ4n) is 2.26. The van der Waals surface area contributed by atoms with Crippen molar-refractivity contribution in [3.63, 3.8) is 0 Å². The number of hydrogen-bond acceptors (Lipinski definition) is 5. The van der Waals surface area contributed by atoms with Crippen LogP contribution < -0.4 is 10.1 Å². The lowest BCUT2D eigenvalue weighted by Crippen LogP contribution is -2.36. The van der Waals surface area contributed by atoms with Crippen LogP contribution in [-0.2, 0) is 11.3 Å². The first-order chi connectivity index (χ1) is 11.6. The lowest BCUT2D eigenvalue weighted by atomic mass is 10.1. The molecule has 0 spiro atoms. The number of carboxylic acids is 1. The van der Waals surface area contributed by atoms with Gasteiger partial charge in [0.05, 0.1) is 6.20 Å². The van der Waals surface area contributed by atoms with Gasteiger partial charge in [-0.15, -0.1) is 0 Å². The first-order valence-electron chi connectivity index (χ1n) is 7.72.